The van der Waals surface area contributed by atoms with E-state index in [1.54, 1.807) is 31.5 Å². The van der Waals surface area contributed by atoms with Crippen molar-refractivity contribution in [2.75, 3.05) is 13.7 Å². The van der Waals surface area contributed by atoms with E-state index in [1.807, 2.05) is 12.1 Å². The number of methoxy groups -OCH3 is 1. The maximum atomic E-state index is 11.6. The Morgan fingerprint density at radius 2 is 2.11 bits per heavy atom. The van der Waals surface area contributed by atoms with E-state index in [9.17, 15) is 4.79 Å². The average Bonchev–Trinajstić information content (AvgIpc) is 2.96. The maximum Gasteiger partial charge on any atom is 0.258 e. The van der Waals surface area contributed by atoms with Gasteiger partial charge in [-0.15, -0.1) is 0 Å². The number of rotatable bonds is 6. The van der Waals surface area contributed by atoms with E-state index in [2.05, 4.69) is 15.5 Å². The van der Waals surface area contributed by atoms with Crippen LogP contribution in [0.2, 0.25) is 0 Å². The number of nitrogens with zero attached hydrogens (tertiary/aromatic N) is 1. The lowest BCUT2D eigenvalue weighted by molar-refractivity contribution is -0.123. The number of ether oxygens (including phenoxy) is 2. The number of para-hydroxylation sites is 2. The van der Waals surface area contributed by atoms with Gasteiger partial charge in [0.15, 0.2) is 18.1 Å². The van der Waals surface area contributed by atoms with Crippen LogP contribution in [0.3, 0.4) is 0 Å². The first-order valence-corrected chi connectivity index (χ1v) is 5.80. The summed E-state index contributed by atoms with van der Waals surface area (Å²) in [5.41, 5.74) is 0.839. The number of carbonyl (C=O) groups is 1. The van der Waals surface area contributed by atoms with Gasteiger partial charge in [-0.05, 0) is 18.2 Å². The van der Waals surface area contributed by atoms with E-state index in [1.165, 1.54) is 0 Å². The van der Waals surface area contributed by atoms with Gasteiger partial charge in [0.1, 0.15) is 0 Å². The van der Waals surface area contributed by atoms with Crippen molar-refractivity contribution in [2.24, 2.45) is 0 Å². The van der Waals surface area contributed by atoms with E-state index in [0.29, 0.717) is 18.0 Å². The quantitative estimate of drug-likeness (QED) is 0.816. The molecule has 0 unspecified atom stereocenters. The number of aromatic amines is 1. The Labute approximate surface area is 110 Å². The third-order valence-electron chi connectivity index (χ3n) is 2.46. The first-order valence-electron chi connectivity index (χ1n) is 5.80. The molecule has 0 spiro atoms. The zero-order valence-corrected chi connectivity index (χ0v) is 10.6. The lowest BCUT2D eigenvalue weighted by Crippen LogP contribution is -2.28. The van der Waals surface area contributed by atoms with Gasteiger partial charge in [-0.1, -0.05) is 12.1 Å². The smallest absolute Gasteiger partial charge is 0.258 e. The van der Waals surface area contributed by atoms with Crippen LogP contribution < -0.4 is 14.8 Å². The van der Waals surface area contributed by atoms with E-state index in [-0.39, 0.29) is 12.5 Å². The minimum atomic E-state index is -0.208. The van der Waals surface area contributed by atoms with Crippen molar-refractivity contribution in [1.29, 1.82) is 0 Å². The van der Waals surface area contributed by atoms with Crippen LogP contribution in [0.1, 0.15) is 5.69 Å². The molecule has 0 saturated carbocycles. The van der Waals surface area contributed by atoms with Crippen molar-refractivity contribution < 1.29 is 14.3 Å². The standard InChI is InChI=1S/C13H15N3O3/c1-18-11-4-2-3-5-12(11)19-9-13(17)14-8-10-6-7-15-16-10/h2-7H,8-9H2,1H3,(H,14,17)(H,15,16). The molecule has 0 aliphatic heterocycles. The van der Waals surface area contributed by atoms with Crippen molar-refractivity contribution in [3.8, 4) is 11.5 Å². The lowest BCUT2D eigenvalue weighted by Gasteiger charge is -2.10. The summed E-state index contributed by atoms with van der Waals surface area (Å²) in [4.78, 5) is 11.6. The second-order valence-corrected chi connectivity index (χ2v) is 3.80. The molecule has 0 aliphatic carbocycles. The van der Waals surface area contributed by atoms with Crippen LogP contribution in [0.25, 0.3) is 0 Å². The highest BCUT2D eigenvalue weighted by atomic mass is 16.5. The first kappa shape index (κ1) is 12.9. The van der Waals surface area contributed by atoms with Crippen LogP contribution in [0.15, 0.2) is 36.5 Å². The van der Waals surface area contributed by atoms with Gasteiger partial charge in [0.05, 0.1) is 19.3 Å². The number of H-pyrrole nitrogens is 1. The number of hydrogen-bond donors (Lipinski definition) is 2. The van der Waals surface area contributed by atoms with Gasteiger partial charge in [-0.25, -0.2) is 0 Å². The summed E-state index contributed by atoms with van der Waals surface area (Å²) in [7, 11) is 1.56. The summed E-state index contributed by atoms with van der Waals surface area (Å²) in [6.07, 6.45) is 1.63. The van der Waals surface area contributed by atoms with Crippen molar-refractivity contribution in [1.82, 2.24) is 15.5 Å². The number of nitrogens with one attached hydrogen (secondary N) is 2. The summed E-state index contributed by atoms with van der Waals surface area (Å²) >= 11 is 0. The van der Waals surface area contributed by atoms with Gasteiger partial charge in [0.2, 0.25) is 0 Å². The zero-order chi connectivity index (χ0) is 13.5. The summed E-state index contributed by atoms with van der Waals surface area (Å²) in [5, 5.41) is 9.27. The second kappa shape index (κ2) is 6.44. The fraction of sp³-hybridized carbons (Fsp3) is 0.231. The molecule has 1 amide bonds. The Kier molecular flexibility index (Phi) is 4.39. The highest BCUT2D eigenvalue weighted by Gasteiger charge is 2.06. The summed E-state index contributed by atoms with van der Waals surface area (Å²) in [6.45, 7) is 0.336. The topological polar surface area (TPSA) is 76.2 Å². The van der Waals surface area contributed by atoms with Gasteiger partial charge in [0.25, 0.3) is 5.91 Å². The number of aromatic nitrogens is 2. The van der Waals surface area contributed by atoms with Crippen LogP contribution in [0.4, 0.5) is 0 Å². The fourth-order valence-electron chi connectivity index (χ4n) is 1.51. The number of benzene rings is 1. The fourth-order valence-corrected chi connectivity index (χ4v) is 1.51. The monoisotopic (exact) mass is 261 g/mol. The Morgan fingerprint density at radius 3 is 2.79 bits per heavy atom. The van der Waals surface area contributed by atoms with Crippen LogP contribution >= 0.6 is 0 Å². The average molecular weight is 261 g/mol. The van der Waals surface area contributed by atoms with E-state index >= 15 is 0 Å². The number of amides is 1. The van der Waals surface area contributed by atoms with E-state index in [0.717, 1.165) is 5.69 Å². The molecule has 0 saturated heterocycles. The molecule has 2 N–H and O–H groups in total. The molecule has 6 heteroatoms. The minimum Gasteiger partial charge on any atom is -0.493 e. The molecule has 0 atom stereocenters. The van der Waals surface area contributed by atoms with Crippen LogP contribution in [0, 0.1) is 0 Å². The van der Waals surface area contributed by atoms with Gasteiger partial charge in [0, 0.05) is 6.20 Å². The van der Waals surface area contributed by atoms with Crippen LogP contribution in [-0.2, 0) is 11.3 Å². The summed E-state index contributed by atoms with van der Waals surface area (Å²) in [6, 6.07) is 8.98. The highest BCUT2D eigenvalue weighted by molar-refractivity contribution is 5.77. The molecule has 0 aliphatic rings. The molecule has 1 aromatic carbocycles. The van der Waals surface area contributed by atoms with Crippen molar-refractivity contribution in [3.63, 3.8) is 0 Å². The Morgan fingerprint density at radius 1 is 1.32 bits per heavy atom. The molecule has 1 aromatic heterocycles. The molecular formula is C13H15N3O3. The van der Waals surface area contributed by atoms with E-state index in [4.69, 9.17) is 9.47 Å². The maximum absolute atomic E-state index is 11.6. The normalized spacial score (nSPS) is 9.95. The molecule has 0 bridgehead atoms. The molecule has 100 valence electrons. The SMILES string of the molecule is COc1ccccc1OCC(=O)NCc1ccn[nH]1. The van der Waals surface area contributed by atoms with Gasteiger partial charge in [-0.2, -0.15) is 5.10 Å². The Hall–Kier alpha value is -2.50. The third-order valence-corrected chi connectivity index (χ3v) is 2.46. The molecule has 6 nitrogen and oxygen atoms in total. The predicted molar refractivity (Wildman–Crippen MR) is 68.9 cm³/mol. The lowest BCUT2D eigenvalue weighted by atomic mass is 10.3. The van der Waals surface area contributed by atoms with Crippen molar-refractivity contribution in [2.45, 2.75) is 6.54 Å². The second-order valence-electron chi connectivity index (χ2n) is 3.80. The Balaban J connectivity index is 1.80. The zero-order valence-electron chi connectivity index (χ0n) is 10.6. The number of hydrogen-bond acceptors (Lipinski definition) is 4. The minimum absolute atomic E-state index is 0.0610. The molecule has 19 heavy (non-hydrogen) atoms. The first-order chi connectivity index (χ1) is 9.29. The van der Waals surface area contributed by atoms with Gasteiger partial charge < -0.3 is 14.8 Å². The van der Waals surface area contributed by atoms with Crippen molar-refractivity contribution >= 4 is 5.91 Å². The van der Waals surface area contributed by atoms with Gasteiger partial charge in [-0.3, -0.25) is 9.89 Å². The number of carbonyl (C=O) groups excluding carboxylic acids is 1. The van der Waals surface area contributed by atoms with Crippen LogP contribution in [0.5, 0.6) is 11.5 Å². The largest absolute Gasteiger partial charge is 0.493 e. The van der Waals surface area contributed by atoms with Crippen molar-refractivity contribution in [3.05, 3.63) is 42.2 Å². The molecule has 0 fully saturated rings. The highest BCUT2D eigenvalue weighted by Crippen LogP contribution is 2.25. The van der Waals surface area contributed by atoms with Crippen LogP contribution in [-0.4, -0.2) is 29.8 Å². The molecule has 2 aromatic rings. The van der Waals surface area contributed by atoms with E-state index < -0.39 is 0 Å². The summed E-state index contributed by atoms with van der Waals surface area (Å²) in [5.74, 6) is 0.936. The Bertz CT molecular complexity index is 526. The molecule has 0 radical (unpaired) electrons. The summed E-state index contributed by atoms with van der Waals surface area (Å²) < 4.78 is 10.5. The molecule has 2 rings (SSSR count). The predicted octanol–water partition coefficient (Wildman–Crippen LogP) is 1.11. The van der Waals surface area contributed by atoms with Gasteiger partial charge >= 0.3 is 0 Å². The molecule has 1 heterocycles. The molecular weight excluding hydrogens is 246 g/mol. The third kappa shape index (κ3) is 3.74.